The number of benzene rings is 3. The highest BCUT2D eigenvalue weighted by Gasteiger charge is 2.35. The molecule has 5 rings (SSSR count). The van der Waals surface area contributed by atoms with Crippen molar-refractivity contribution in [2.45, 2.75) is 31.9 Å². The summed E-state index contributed by atoms with van der Waals surface area (Å²) in [6, 6.07) is 18.7. The molecule has 0 radical (unpaired) electrons. The van der Waals surface area contributed by atoms with Gasteiger partial charge in [-0.1, -0.05) is 60.7 Å². The molecule has 1 nitrogen and oxygen atoms in total. The Kier molecular flexibility index (Phi) is 7.29. The van der Waals surface area contributed by atoms with Crippen LogP contribution in [0.4, 0.5) is 22.0 Å². The molecule has 1 aliphatic carbocycles. The summed E-state index contributed by atoms with van der Waals surface area (Å²) in [5.74, 6) is -0.899. The summed E-state index contributed by atoms with van der Waals surface area (Å²) >= 11 is 0. The van der Waals surface area contributed by atoms with Gasteiger partial charge in [-0.3, -0.25) is 9.29 Å². The molecular weight excluding hydrogens is 481 g/mol. The van der Waals surface area contributed by atoms with Crippen molar-refractivity contribution in [2.24, 2.45) is 0 Å². The fourth-order valence-corrected chi connectivity index (χ4v) is 5.38. The van der Waals surface area contributed by atoms with Gasteiger partial charge in [0, 0.05) is 19.6 Å². The number of halogens is 5. The third-order valence-corrected chi connectivity index (χ3v) is 7.11. The fraction of sp³-hybridized carbons (Fsp3) is 0.290. The van der Waals surface area contributed by atoms with Gasteiger partial charge in [-0.05, 0) is 82.4 Å². The molecule has 0 bridgehead atoms. The Labute approximate surface area is 213 Å². The van der Waals surface area contributed by atoms with Gasteiger partial charge in [0.1, 0.15) is 5.82 Å². The average Bonchev–Trinajstić information content (AvgIpc) is 3.05. The van der Waals surface area contributed by atoms with Crippen molar-refractivity contribution in [1.29, 1.82) is 0 Å². The Morgan fingerprint density at radius 3 is 2.35 bits per heavy atom. The summed E-state index contributed by atoms with van der Waals surface area (Å²) in [5.41, 5.74) is 5.59. The number of fused-ring (bicyclic) bond motifs is 1. The highest BCUT2D eigenvalue weighted by atomic mass is 19.4. The number of rotatable bonds is 6. The second kappa shape index (κ2) is 10.6. The van der Waals surface area contributed by atoms with Gasteiger partial charge in [0.15, 0.2) is 0 Å². The lowest BCUT2D eigenvalue weighted by atomic mass is 9.86. The van der Waals surface area contributed by atoms with E-state index in [9.17, 15) is 22.0 Å². The van der Waals surface area contributed by atoms with Crippen LogP contribution in [0.3, 0.4) is 0 Å². The third kappa shape index (κ3) is 5.54. The second-order valence-electron chi connectivity index (χ2n) is 9.73. The van der Waals surface area contributed by atoms with Crippen LogP contribution in [0.15, 0.2) is 72.3 Å². The van der Waals surface area contributed by atoms with Crippen LogP contribution in [0.25, 0.3) is 17.2 Å². The lowest BCUT2D eigenvalue weighted by Gasteiger charge is -2.33. The predicted molar refractivity (Wildman–Crippen MR) is 138 cm³/mol. The van der Waals surface area contributed by atoms with Gasteiger partial charge < -0.3 is 0 Å². The molecule has 0 atom stereocenters. The van der Waals surface area contributed by atoms with Crippen LogP contribution in [0.1, 0.15) is 52.6 Å². The van der Waals surface area contributed by atoms with E-state index >= 15 is 0 Å². The summed E-state index contributed by atoms with van der Waals surface area (Å²) in [5, 5.41) is 0. The molecule has 2 aliphatic rings. The summed E-state index contributed by atoms with van der Waals surface area (Å²) in [7, 11) is 0. The van der Waals surface area contributed by atoms with E-state index in [2.05, 4.69) is 11.0 Å². The van der Waals surface area contributed by atoms with Gasteiger partial charge >= 0.3 is 6.18 Å². The van der Waals surface area contributed by atoms with Crippen LogP contribution in [0.5, 0.6) is 0 Å². The van der Waals surface area contributed by atoms with E-state index in [1.807, 2.05) is 48.5 Å². The minimum Gasteiger partial charge on any atom is -0.295 e. The number of hydrogen-bond acceptors (Lipinski definition) is 1. The van der Waals surface area contributed by atoms with E-state index in [4.69, 9.17) is 0 Å². The minimum absolute atomic E-state index is 0.0367. The molecule has 3 aromatic carbocycles. The monoisotopic (exact) mass is 509 g/mol. The van der Waals surface area contributed by atoms with Gasteiger partial charge in [-0.2, -0.15) is 13.2 Å². The molecular formula is C31H28F5N. The van der Waals surface area contributed by atoms with Gasteiger partial charge in [0.2, 0.25) is 0 Å². The lowest BCUT2D eigenvalue weighted by Crippen LogP contribution is -2.40. The Morgan fingerprint density at radius 1 is 0.865 bits per heavy atom. The highest BCUT2D eigenvalue weighted by Crippen LogP contribution is 2.44. The molecule has 0 amide bonds. The molecule has 6 heteroatoms. The quantitative estimate of drug-likeness (QED) is 0.303. The van der Waals surface area contributed by atoms with Gasteiger partial charge in [-0.15, -0.1) is 0 Å². The normalized spacial score (nSPS) is 16.3. The number of hydrogen-bond donors (Lipinski definition) is 0. The van der Waals surface area contributed by atoms with Crippen LogP contribution < -0.4 is 0 Å². The van der Waals surface area contributed by atoms with Crippen molar-refractivity contribution >= 4 is 17.2 Å². The summed E-state index contributed by atoms with van der Waals surface area (Å²) in [4.78, 5) is 2.19. The first-order valence-corrected chi connectivity index (χ1v) is 12.6. The van der Waals surface area contributed by atoms with E-state index in [-0.39, 0.29) is 12.2 Å². The van der Waals surface area contributed by atoms with Gasteiger partial charge in [0.05, 0.1) is 12.2 Å². The smallest absolute Gasteiger partial charge is 0.295 e. The Balaban J connectivity index is 1.57. The Bertz CT molecular complexity index is 1330. The molecule has 1 fully saturated rings. The van der Waals surface area contributed by atoms with Crippen molar-refractivity contribution in [2.75, 3.05) is 26.3 Å². The minimum atomic E-state index is -4.67. The maximum Gasteiger partial charge on any atom is 0.417 e. The SMILES string of the molecule is FCCCN1CC(=Cc2ccc(C3=C(c4ccc(F)cc4C(F)(F)F)CCCc4ccccc43)cc2)C1. The molecule has 1 aliphatic heterocycles. The van der Waals surface area contributed by atoms with Crippen molar-refractivity contribution < 1.29 is 22.0 Å². The Hall–Kier alpha value is -3.25. The number of likely N-dealkylation sites (tertiary alicyclic amines) is 1. The highest BCUT2D eigenvalue weighted by molar-refractivity contribution is 6.00. The van der Waals surface area contributed by atoms with E-state index in [1.165, 1.54) is 11.6 Å². The molecule has 0 N–H and O–H groups in total. The largest absolute Gasteiger partial charge is 0.417 e. The van der Waals surface area contributed by atoms with Crippen molar-refractivity contribution in [3.05, 3.63) is 112 Å². The number of allylic oxidation sites excluding steroid dienone is 1. The van der Waals surface area contributed by atoms with E-state index in [1.54, 1.807) is 0 Å². The predicted octanol–water partition coefficient (Wildman–Crippen LogP) is 8.20. The maximum atomic E-state index is 14.0. The standard InChI is InChI=1S/C31H28F5N/c32-15-4-16-37-19-22(20-37)17-21-9-11-24(12-10-21)30-26-7-2-1-5-23(26)6-3-8-28(30)27-14-13-25(33)18-29(27)31(34,35)36/h1-2,5,7,9-14,17-18H,3-4,6,8,15-16,19-20H2. The summed E-state index contributed by atoms with van der Waals surface area (Å²) in [6.45, 7) is 2.11. The summed E-state index contributed by atoms with van der Waals surface area (Å²) in [6.07, 6.45) is -0.0846. The molecule has 0 saturated carbocycles. The average molecular weight is 510 g/mol. The Morgan fingerprint density at radius 2 is 1.62 bits per heavy atom. The van der Waals surface area contributed by atoms with Crippen LogP contribution in [-0.4, -0.2) is 31.2 Å². The van der Waals surface area contributed by atoms with Crippen molar-refractivity contribution in [1.82, 2.24) is 4.90 Å². The molecule has 1 heterocycles. The zero-order valence-electron chi connectivity index (χ0n) is 20.4. The fourth-order valence-electron chi connectivity index (χ4n) is 5.38. The second-order valence-corrected chi connectivity index (χ2v) is 9.73. The van der Waals surface area contributed by atoms with E-state index < -0.39 is 17.6 Å². The zero-order chi connectivity index (χ0) is 26.0. The van der Waals surface area contributed by atoms with Crippen molar-refractivity contribution in [3.63, 3.8) is 0 Å². The molecule has 192 valence electrons. The molecule has 1 saturated heterocycles. The number of alkyl halides is 4. The third-order valence-electron chi connectivity index (χ3n) is 7.11. The zero-order valence-corrected chi connectivity index (χ0v) is 20.4. The van der Waals surface area contributed by atoms with Crippen LogP contribution in [-0.2, 0) is 12.6 Å². The summed E-state index contributed by atoms with van der Waals surface area (Å²) < 4.78 is 68.3. The van der Waals surface area contributed by atoms with Crippen LogP contribution in [0.2, 0.25) is 0 Å². The first-order valence-electron chi connectivity index (χ1n) is 12.6. The number of aryl methyl sites for hydroxylation is 1. The molecule has 0 unspecified atom stereocenters. The van der Waals surface area contributed by atoms with Crippen LogP contribution >= 0.6 is 0 Å². The topological polar surface area (TPSA) is 3.24 Å². The van der Waals surface area contributed by atoms with Gasteiger partial charge in [-0.25, -0.2) is 4.39 Å². The van der Waals surface area contributed by atoms with Crippen molar-refractivity contribution in [3.8, 4) is 0 Å². The number of nitrogens with zero attached hydrogens (tertiary/aromatic N) is 1. The molecule has 0 aromatic heterocycles. The first-order chi connectivity index (χ1) is 17.8. The molecule has 0 spiro atoms. The lowest BCUT2D eigenvalue weighted by molar-refractivity contribution is -0.138. The van der Waals surface area contributed by atoms with Gasteiger partial charge in [0.25, 0.3) is 0 Å². The van der Waals surface area contributed by atoms with E-state index in [0.717, 1.165) is 59.9 Å². The van der Waals surface area contributed by atoms with Crippen LogP contribution in [0, 0.1) is 5.82 Å². The maximum absolute atomic E-state index is 14.0. The first kappa shape index (κ1) is 25.4. The molecule has 37 heavy (non-hydrogen) atoms. The molecule has 3 aromatic rings. The van der Waals surface area contributed by atoms with E-state index in [0.29, 0.717) is 30.9 Å².